The third-order valence-electron chi connectivity index (χ3n) is 4.67. The molecular weight excluding hydrogens is 381 g/mol. The molecule has 0 radical (unpaired) electrons. The highest BCUT2D eigenvalue weighted by atomic mass is 35.5. The topological polar surface area (TPSA) is 96.3 Å². The molecule has 2 atom stereocenters. The zero-order chi connectivity index (χ0) is 19.8. The van der Waals surface area contributed by atoms with Crippen LogP contribution in [0.5, 0.6) is 0 Å². The van der Waals surface area contributed by atoms with Gasteiger partial charge >= 0.3 is 8.46 Å². The Labute approximate surface area is 163 Å². The number of nitrogens with zero attached hydrogens (tertiary/aromatic N) is 2. The predicted molar refractivity (Wildman–Crippen MR) is 108 cm³/mol. The Hall–Kier alpha value is -2.80. The smallest absolute Gasteiger partial charge is 0.347 e. The Morgan fingerprint density at radius 2 is 2.04 bits per heavy atom. The van der Waals surface area contributed by atoms with Gasteiger partial charge < -0.3 is 5.73 Å². The van der Waals surface area contributed by atoms with Gasteiger partial charge in [-0.25, -0.2) is 4.99 Å². The van der Waals surface area contributed by atoms with E-state index in [1.54, 1.807) is 24.3 Å². The number of carbonyl (C=O) groups is 1. The van der Waals surface area contributed by atoms with Crippen molar-refractivity contribution in [2.45, 2.75) is 19.0 Å². The van der Waals surface area contributed by atoms with Crippen LogP contribution in [0.15, 0.2) is 41.4 Å². The van der Waals surface area contributed by atoms with E-state index in [2.05, 4.69) is 4.99 Å². The van der Waals surface area contributed by atoms with E-state index in [4.69, 9.17) is 22.6 Å². The number of hydrogen-bond acceptors (Lipinski definition) is 4. The zero-order valence-electron chi connectivity index (χ0n) is 14.7. The van der Waals surface area contributed by atoms with Crippen molar-refractivity contribution in [3.8, 4) is 6.07 Å². The molecule has 2 N–H and O–H groups in total. The van der Waals surface area contributed by atoms with E-state index < -0.39 is 19.5 Å². The Kier molecular flexibility index (Phi) is 4.97. The summed E-state index contributed by atoms with van der Waals surface area (Å²) in [5.41, 5.74) is 9.88. The molecule has 1 aliphatic rings. The number of benzene rings is 2. The third-order valence-corrected chi connectivity index (χ3v) is 5.99. The highest BCUT2D eigenvalue weighted by molar-refractivity contribution is 7.28. The number of nitrogens with two attached hydrogens (primary N) is 1. The first-order valence-corrected chi connectivity index (χ1v) is 9.40. The van der Waals surface area contributed by atoms with Gasteiger partial charge in [0.25, 0.3) is 11.1 Å². The highest BCUT2D eigenvalue weighted by Crippen LogP contribution is 2.53. The molecule has 2 unspecified atom stereocenters. The number of carbonyl (C=O) groups excluding carboxylic acids is 1. The molecule has 3 rings (SSSR count). The van der Waals surface area contributed by atoms with E-state index in [1.165, 1.54) is 6.08 Å². The standard InChI is InChI=1S/C20H15ClN3O2P/c1-11-8-13(4-3-7-22)12(2)15(9-11)20(27-26)16-10-14(21)5-6-17(16)24-18(20)19(23)25/h3-6,8-10H,1-2H3,(H2,23,25)/p+1. The number of fused-ring (bicyclic) bond motifs is 1. The molecule has 1 heterocycles. The van der Waals surface area contributed by atoms with Crippen molar-refractivity contribution >= 4 is 43.4 Å². The number of aryl methyl sites for hydroxylation is 1. The second kappa shape index (κ2) is 7.08. The fourth-order valence-electron chi connectivity index (χ4n) is 3.49. The quantitative estimate of drug-likeness (QED) is 0.615. The lowest BCUT2D eigenvalue weighted by atomic mass is 9.82. The first-order valence-electron chi connectivity index (χ1n) is 8.11. The van der Waals surface area contributed by atoms with Crippen LogP contribution in [0.4, 0.5) is 5.69 Å². The molecule has 0 saturated carbocycles. The van der Waals surface area contributed by atoms with Gasteiger partial charge in [-0.3, -0.25) is 4.79 Å². The minimum absolute atomic E-state index is 0.0250. The predicted octanol–water partition coefficient (Wildman–Crippen LogP) is 4.33. The maximum absolute atomic E-state index is 12.7. The summed E-state index contributed by atoms with van der Waals surface area (Å²) in [5, 5.41) is 8.02. The van der Waals surface area contributed by atoms with E-state index in [-0.39, 0.29) is 5.71 Å². The molecule has 0 aromatic heterocycles. The van der Waals surface area contributed by atoms with Crippen molar-refractivity contribution in [1.29, 1.82) is 5.26 Å². The fraction of sp³-hybridized carbons (Fsp3) is 0.150. The number of rotatable bonds is 4. The molecule has 0 spiro atoms. The highest BCUT2D eigenvalue weighted by Gasteiger charge is 2.56. The molecule has 2 aromatic carbocycles. The molecule has 2 aromatic rings. The maximum atomic E-state index is 12.7. The second-order valence-electron chi connectivity index (χ2n) is 6.33. The molecule has 0 bridgehead atoms. The Bertz CT molecular complexity index is 1090. The lowest BCUT2D eigenvalue weighted by Gasteiger charge is -2.22. The summed E-state index contributed by atoms with van der Waals surface area (Å²) in [7, 11) is -0.942. The number of primary amides is 1. The second-order valence-corrected chi connectivity index (χ2v) is 7.72. The Morgan fingerprint density at radius 3 is 2.67 bits per heavy atom. The average Bonchev–Trinajstić information content (AvgIpc) is 2.96. The first-order chi connectivity index (χ1) is 12.8. The SMILES string of the molecule is Cc1cc(C=CC#N)c(C)c(C2([PH+]=O)C(C(N)=O)=Nc3ccc(Cl)cc32)c1. The minimum atomic E-state index is -1.29. The number of amides is 1. The van der Waals surface area contributed by atoms with Gasteiger partial charge in [0.1, 0.15) is 0 Å². The summed E-state index contributed by atoms with van der Waals surface area (Å²) in [4.78, 5) is 16.6. The van der Waals surface area contributed by atoms with Gasteiger partial charge in [-0.05, 0) is 49.2 Å². The van der Waals surface area contributed by atoms with Gasteiger partial charge in [0, 0.05) is 22.2 Å². The Balaban J connectivity index is 2.42. The Morgan fingerprint density at radius 1 is 1.30 bits per heavy atom. The van der Waals surface area contributed by atoms with Gasteiger partial charge in [0.05, 0.1) is 11.8 Å². The number of nitriles is 1. The molecule has 0 fully saturated rings. The number of allylic oxidation sites excluding steroid dienone is 1. The molecule has 1 amide bonds. The first kappa shape index (κ1) is 19.0. The lowest BCUT2D eigenvalue weighted by molar-refractivity contribution is -0.112. The van der Waals surface area contributed by atoms with Crippen molar-refractivity contribution in [3.05, 3.63) is 69.2 Å². The van der Waals surface area contributed by atoms with Crippen LogP contribution in [0.2, 0.25) is 5.02 Å². The van der Waals surface area contributed by atoms with E-state index in [0.29, 0.717) is 21.8 Å². The van der Waals surface area contributed by atoms with Gasteiger partial charge in [0.15, 0.2) is 5.71 Å². The van der Waals surface area contributed by atoms with Crippen LogP contribution >= 0.6 is 20.1 Å². The third kappa shape index (κ3) is 2.98. The van der Waals surface area contributed by atoms with E-state index >= 15 is 0 Å². The molecular formula is C20H16ClN3O2P+. The van der Waals surface area contributed by atoms with Crippen LogP contribution in [-0.2, 0) is 14.5 Å². The van der Waals surface area contributed by atoms with Crippen molar-refractivity contribution < 1.29 is 9.36 Å². The summed E-state index contributed by atoms with van der Waals surface area (Å²) in [6.45, 7) is 3.75. The van der Waals surface area contributed by atoms with Gasteiger partial charge in [-0.2, -0.15) is 5.26 Å². The van der Waals surface area contributed by atoms with Crippen LogP contribution in [0.3, 0.4) is 0 Å². The van der Waals surface area contributed by atoms with Crippen LogP contribution in [0.25, 0.3) is 6.08 Å². The van der Waals surface area contributed by atoms with Crippen molar-refractivity contribution in [1.82, 2.24) is 0 Å². The van der Waals surface area contributed by atoms with Crippen molar-refractivity contribution in [2.75, 3.05) is 0 Å². The van der Waals surface area contributed by atoms with Crippen LogP contribution in [-0.4, -0.2) is 11.6 Å². The van der Waals surface area contributed by atoms with E-state index in [1.807, 2.05) is 32.0 Å². The fourth-order valence-corrected chi connectivity index (χ4v) is 4.61. The average molecular weight is 397 g/mol. The molecule has 5 nitrogen and oxygen atoms in total. The van der Waals surface area contributed by atoms with Crippen LogP contribution in [0, 0.1) is 25.2 Å². The van der Waals surface area contributed by atoms with Crippen molar-refractivity contribution in [2.24, 2.45) is 10.7 Å². The lowest BCUT2D eigenvalue weighted by Crippen LogP contribution is -2.39. The normalized spacial score (nSPS) is 18.4. The number of hydrogen-bond donors (Lipinski definition) is 1. The summed E-state index contributed by atoms with van der Waals surface area (Å²) < 4.78 is 12.7. The molecule has 0 saturated heterocycles. The summed E-state index contributed by atoms with van der Waals surface area (Å²) in [6, 6.07) is 10.8. The van der Waals surface area contributed by atoms with Gasteiger partial charge in [0.2, 0.25) is 0 Å². The minimum Gasteiger partial charge on any atom is -0.364 e. The van der Waals surface area contributed by atoms with Crippen LogP contribution in [0.1, 0.15) is 27.8 Å². The van der Waals surface area contributed by atoms with Crippen LogP contribution < -0.4 is 5.73 Å². The van der Waals surface area contributed by atoms with E-state index in [9.17, 15) is 9.36 Å². The summed E-state index contributed by atoms with van der Waals surface area (Å²) in [6.07, 6.45) is 3.06. The summed E-state index contributed by atoms with van der Waals surface area (Å²) >= 11 is 6.18. The molecule has 134 valence electrons. The number of halogens is 1. The number of aliphatic imine (C=N–C) groups is 1. The molecule has 7 heteroatoms. The van der Waals surface area contributed by atoms with Gasteiger partial charge in [-0.1, -0.05) is 33.9 Å². The van der Waals surface area contributed by atoms with Crippen molar-refractivity contribution in [3.63, 3.8) is 0 Å². The largest absolute Gasteiger partial charge is 0.364 e. The monoisotopic (exact) mass is 396 g/mol. The summed E-state index contributed by atoms with van der Waals surface area (Å²) in [5.74, 6) is -0.735. The zero-order valence-corrected chi connectivity index (χ0v) is 16.5. The van der Waals surface area contributed by atoms with Gasteiger partial charge in [-0.15, -0.1) is 0 Å². The molecule has 0 aliphatic carbocycles. The maximum Gasteiger partial charge on any atom is 0.347 e. The molecule has 1 aliphatic heterocycles. The molecule has 27 heavy (non-hydrogen) atoms. The van der Waals surface area contributed by atoms with E-state index in [0.717, 1.165) is 16.7 Å².